The van der Waals surface area contributed by atoms with E-state index in [1.807, 2.05) is 0 Å². The predicted molar refractivity (Wildman–Crippen MR) is 106 cm³/mol. The summed E-state index contributed by atoms with van der Waals surface area (Å²) >= 11 is 13.5. The van der Waals surface area contributed by atoms with Crippen molar-refractivity contribution in [2.24, 2.45) is 0 Å². The number of fused-ring (bicyclic) bond motifs is 1. The Hall–Kier alpha value is -1.01. The second-order valence-electron chi connectivity index (χ2n) is 5.67. The Morgan fingerprint density at radius 1 is 1.28 bits per heavy atom. The maximum Gasteiger partial charge on any atom is 0.226 e. The van der Waals surface area contributed by atoms with Crippen molar-refractivity contribution in [1.82, 2.24) is 4.98 Å². The molecule has 0 spiro atoms. The molecule has 2 aromatic rings. The number of halogens is 3. The Morgan fingerprint density at radius 2 is 2.08 bits per heavy atom. The second kappa shape index (κ2) is 9.62. The van der Waals surface area contributed by atoms with Crippen LogP contribution in [-0.4, -0.2) is 17.5 Å². The third kappa shape index (κ3) is 5.74. The van der Waals surface area contributed by atoms with Gasteiger partial charge < -0.3 is 10.1 Å². The van der Waals surface area contributed by atoms with Crippen molar-refractivity contribution < 1.29 is 9.53 Å². The number of thiazole rings is 1. The minimum absolute atomic E-state index is 0. The zero-order valence-corrected chi connectivity index (χ0v) is 16.7. The first-order valence-electron chi connectivity index (χ1n) is 7.98. The number of nitrogens with zero attached hydrogens (tertiary/aromatic N) is 1. The Balaban J connectivity index is 0.00000225. The zero-order chi connectivity index (χ0) is 16.9. The molecule has 0 fully saturated rings. The van der Waals surface area contributed by atoms with E-state index in [1.54, 1.807) is 29.5 Å². The van der Waals surface area contributed by atoms with Gasteiger partial charge in [0.1, 0.15) is 5.75 Å². The van der Waals surface area contributed by atoms with Gasteiger partial charge in [-0.1, -0.05) is 23.2 Å². The number of rotatable bonds is 6. The van der Waals surface area contributed by atoms with Gasteiger partial charge in [0.2, 0.25) is 5.91 Å². The maximum atomic E-state index is 12.0. The van der Waals surface area contributed by atoms with Gasteiger partial charge in [0.05, 0.1) is 17.3 Å². The van der Waals surface area contributed by atoms with E-state index in [4.69, 9.17) is 27.9 Å². The van der Waals surface area contributed by atoms with Crippen molar-refractivity contribution in [3.05, 3.63) is 38.8 Å². The van der Waals surface area contributed by atoms with Crippen molar-refractivity contribution >= 4 is 58.0 Å². The van der Waals surface area contributed by atoms with Crippen LogP contribution in [0.3, 0.4) is 0 Å². The molecule has 8 heteroatoms. The van der Waals surface area contributed by atoms with E-state index in [0.717, 1.165) is 18.5 Å². The lowest BCUT2D eigenvalue weighted by atomic mass is 10.0. The summed E-state index contributed by atoms with van der Waals surface area (Å²) in [7, 11) is 0. The summed E-state index contributed by atoms with van der Waals surface area (Å²) in [6.07, 6.45) is 5.50. The van der Waals surface area contributed by atoms with Crippen LogP contribution in [0.15, 0.2) is 18.2 Å². The number of ether oxygens (including phenoxy) is 1. The third-order valence-corrected chi connectivity index (χ3v) is 5.39. The van der Waals surface area contributed by atoms with Gasteiger partial charge in [0, 0.05) is 16.3 Å². The summed E-state index contributed by atoms with van der Waals surface area (Å²) in [5, 5.41) is 4.64. The molecule has 1 aliphatic carbocycles. The molecule has 1 aromatic heterocycles. The number of benzene rings is 1. The van der Waals surface area contributed by atoms with Gasteiger partial charge >= 0.3 is 0 Å². The molecule has 0 atom stereocenters. The molecule has 4 nitrogen and oxygen atoms in total. The fourth-order valence-corrected chi connectivity index (χ4v) is 4.12. The topological polar surface area (TPSA) is 51.2 Å². The Labute approximate surface area is 167 Å². The number of aryl methyl sites for hydroxylation is 2. The van der Waals surface area contributed by atoms with Gasteiger partial charge in [-0.2, -0.15) is 0 Å². The van der Waals surface area contributed by atoms with E-state index in [-0.39, 0.29) is 18.3 Å². The molecule has 1 aliphatic rings. The lowest BCUT2D eigenvalue weighted by Crippen LogP contribution is -2.12. The molecule has 25 heavy (non-hydrogen) atoms. The van der Waals surface area contributed by atoms with Gasteiger partial charge in [-0.05, 0) is 50.3 Å². The average Bonchev–Trinajstić information content (AvgIpc) is 2.95. The summed E-state index contributed by atoms with van der Waals surface area (Å²) in [5.74, 6) is 0.543. The highest BCUT2D eigenvalue weighted by atomic mass is 35.5. The Kier molecular flexibility index (Phi) is 7.81. The van der Waals surface area contributed by atoms with Crippen LogP contribution >= 0.6 is 46.9 Å². The normalized spacial score (nSPS) is 12.9. The summed E-state index contributed by atoms with van der Waals surface area (Å²) < 4.78 is 5.58. The highest BCUT2D eigenvalue weighted by Gasteiger charge is 2.16. The van der Waals surface area contributed by atoms with Crippen LogP contribution in [0.5, 0.6) is 5.75 Å². The van der Waals surface area contributed by atoms with Gasteiger partial charge in [0.15, 0.2) is 5.13 Å². The molecule has 0 saturated carbocycles. The van der Waals surface area contributed by atoms with Crippen molar-refractivity contribution in [1.29, 1.82) is 0 Å². The zero-order valence-electron chi connectivity index (χ0n) is 13.5. The largest absolute Gasteiger partial charge is 0.492 e. The SMILES string of the molecule is Cl.O=C(CCCOc1ccc(Cl)cc1Cl)Nc1nc2c(s1)CCCC2. The second-order valence-corrected chi connectivity index (χ2v) is 7.60. The molecule has 1 heterocycles. The van der Waals surface area contributed by atoms with Crippen LogP contribution < -0.4 is 10.1 Å². The first kappa shape index (κ1) is 20.3. The quantitative estimate of drug-likeness (QED) is 0.622. The van der Waals surface area contributed by atoms with Gasteiger partial charge in [-0.3, -0.25) is 4.79 Å². The number of hydrogen-bond donors (Lipinski definition) is 1. The van der Waals surface area contributed by atoms with E-state index in [0.29, 0.717) is 40.4 Å². The van der Waals surface area contributed by atoms with E-state index in [1.165, 1.54) is 17.7 Å². The van der Waals surface area contributed by atoms with Crippen LogP contribution in [0.1, 0.15) is 36.3 Å². The van der Waals surface area contributed by atoms with Gasteiger partial charge in [0.25, 0.3) is 0 Å². The molecule has 3 rings (SSSR count). The van der Waals surface area contributed by atoms with Crippen LogP contribution in [0, 0.1) is 0 Å². The molecular formula is C17H19Cl3N2O2S. The van der Waals surface area contributed by atoms with Crippen molar-refractivity contribution in [2.75, 3.05) is 11.9 Å². The number of anilines is 1. The molecule has 0 saturated heterocycles. The Morgan fingerprint density at radius 3 is 2.84 bits per heavy atom. The number of hydrogen-bond acceptors (Lipinski definition) is 4. The first-order valence-corrected chi connectivity index (χ1v) is 9.55. The predicted octanol–water partition coefficient (Wildman–Crippen LogP) is 5.55. The number of nitrogens with one attached hydrogen (secondary N) is 1. The van der Waals surface area contributed by atoms with Crippen molar-refractivity contribution in [3.63, 3.8) is 0 Å². The first-order chi connectivity index (χ1) is 11.6. The van der Waals surface area contributed by atoms with E-state index < -0.39 is 0 Å². The third-order valence-electron chi connectivity index (χ3n) is 3.79. The van der Waals surface area contributed by atoms with E-state index >= 15 is 0 Å². The molecule has 0 unspecified atom stereocenters. The standard InChI is InChI=1S/C17H18Cl2N2O2S.ClH/c18-11-7-8-14(12(19)10-11)23-9-3-6-16(22)21-17-20-13-4-1-2-5-15(13)24-17;/h7-8,10H,1-6,9H2,(H,20,21,22);1H. The summed E-state index contributed by atoms with van der Waals surface area (Å²) in [5.41, 5.74) is 1.15. The van der Waals surface area contributed by atoms with E-state index in [9.17, 15) is 4.79 Å². The van der Waals surface area contributed by atoms with Crippen LogP contribution in [0.4, 0.5) is 5.13 Å². The van der Waals surface area contributed by atoms with E-state index in [2.05, 4.69) is 10.3 Å². The minimum atomic E-state index is -0.0353. The molecular weight excluding hydrogens is 403 g/mol. The summed E-state index contributed by atoms with van der Waals surface area (Å²) in [6, 6.07) is 5.08. The molecule has 0 aliphatic heterocycles. The number of amides is 1. The van der Waals surface area contributed by atoms with Gasteiger partial charge in [-0.15, -0.1) is 23.7 Å². The maximum absolute atomic E-state index is 12.0. The van der Waals surface area contributed by atoms with Gasteiger partial charge in [-0.25, -0.2) is 4.98 Å². The monoisotopic (exact) mass is 420 g/mol. The van der Waals surface area contributed by atoms with Crippen molar-refractivity contribution in [3.8, 4) is 5.75 Å². The average molecular weight is 422 g/mol. The fourth-order valence-electron chi connectivity index (χ4n) is 2.59. The summed E-state index contributed by atoms with van der Waals surface area (Å²) in [4.78, 5) is 17.8. The molecule has 0 radical (unpaired) electrons. The lowest BCUT2D eigenvalue weighted by Gasteiger charge is -2.08. The lowest BCUT2D eigenvalue weighted by molar-refractivity contribution is -0.116. The van der Waals surface area contributed by atoms with Crippen LogP contribution in [-0.2, 0) is 17.6 Å². The smallest absolute Gasteiger partial charge is 0.226 e. The molecule has 1 amide bonds. The fraction of sp³-hybridized carbons (Fsp3) is 0.412. The highest BCUT2D eigenvalue weighted by Crippen LogP contribution is 2.30. The molecule has 136 valence electrons. The van der Waals surface area contributed by atoms with Crippen molar-refractivity contribution in [2.45, 2.75) is 38.5 Å². The molecule has 1 aromatic carbocycles. The number of aromatic nitrogens is 1. The summed E-state index contributed by atoms with van der Waals surface area (Å²) in [6.45, 7) is 0.420. The number of carbonyl (C=O) groups is 1. The van der Waals surface area contributed by atoms with Crippen LogP contribution in [0.2, 0.25) is 10.0 Å². The molecule has 1 N–H and O–H groups in total. The number of carbonyl (C=O) groups excluding carboxylic acids is 1. The Bertz CT molecular complexity index is 713. The molecule has 0 bridgehead atoms. The minimum Gasteiger partial charge on any atom is -0.492 e. The van der Waals surface area contributed by atoms with Crippen LogP contribution in [0.25, 0.3) is 0 Å². The highest BCUT2D eigenvalue weighted by molar-refractivity contribution is 7.15.